The van der Waals surface area contributed by atoms with Crippen LogP contribution >= 0.6 is 0 Å². The Morgan fingerprint density at radius 3 is 2.31 bits per heavy atom. The summed E-state index contributed by atoms with van der Waals surface area (Å²) in [6.45, 7) is 5.33. The van der Waals surface area contributed by atoms with Crippen LogP contribution < -0.4 is 10.6 Å². The molecule has 2 aliphatic rings. The first-order valence-corrected chi connectivity index (χ1v) is 11.5. The lowest BCUT2D eigenvalue weighted by Gasteiger charge is -2.39. The van der Waals surface area contributed by atoms with Crippen LogP contribution in [0.2, 0.25) is 0 Å². The number of hydrogen-bond acceptors (Lipinski definition) is 10. The molecule has 1 atom stereocenters. The quantitative estimate of drug-likeness (QED) is 0.314. The summed E-state index contributed by atoms with van der Waals surface area (Å²) < 4.78 is 21.2. The molecule has 10 nitrogen and oxygen atoms in total. The molecule has 0 bridgehead atoms. The normalized spacial score (nSPS) is 19.0. The van der Waals surface area contributed by atoms with Gasteiger partial charge in [-0.25, -0.2) is 14.4 Å². The lowest BCUT2D eigenvalue weighted by molar-refractivity contribution is -0.148. The molecule has 0 saturated carbocycles. The predicted octanol–water partition coefficient (Wildman–Crippen LogP) is 2.21. The summed E-state index contributed by atoms with van der Waals surface area (Å²) in [4.78, 5) is 54.4. The molecule has 10 heteroatoms. The highest BCUT2D eigenvalue weighted by Gasteiger charge is 2.64. The van der Waals surface area contributed by atoms with Gasteiger partial charge in [0.05, 0.1) is 19.8 Å². The van der Waals surface area contributed by atoms with Gasteiger partial charge in [0, 0.05) is 18.3 Å². The third kappa shape index (κ3) is 4.36. The number of benzene rings is 1. The van der Waals surface area contributed by atoms with Crippen LogP contribution in [-0.2, 0) is 43.5 Å². The Hall–Kier alpha value is -3.82. The van der Waals surface area contributed by atoms with E-state index >= 15 is 0 Å². The molecule has 2 heterocycles. The van der Waals surface area contributed by atoms with Crippen LogP contribution in [0, 0.1) is 0 Å². The number of unbranched alkanes of at least 4 members (excludes halogenated alkanes) is 1. The number of ether oxygens (including phenoxy) is 4. The van der Waals surface area contributed by atoms with Gasteiger partial charge in [0.25, 0.3) is 0 Å². The molecule has 1 aromatic rings. The van der Waals surface area contributed by atoms with Gasteiger partial charge in [0.1, 0.15) is 29.1 Å². The highest BCUT2D eigenvalue weighted by atomic mass is 16.6. The number of nitrogens with zero attached hydrogens (tertiary/aromatic N) is 1. The van der Waals surface area contributed by atoms with Crippen molar-refractivity contribution in [3.05, 3.63) is 52.6 Å². The maximum atomic E-state index is 13.7. The second kappa shape index (κ2) is 10.6. The van der Waals surface area contributed by atoms with Gasteiger partial charge in [0.15, 0.2) is 5.41 Å². The summed E-state index contributed by atoms with van der Waals surface area (Å²) in [7, 11) is 1.63. The van der Waals surface area contributed by atoms with Crippen LogP contribution in [0.1, 0.15) is 45.6 Å². The maximum Gasteiger partial charge on any atom is 0.339 e. The van der Waals surface area contributed by atoms with Crippen LogP contribution in [0.3, 0.4) is 0 Å². The number of anilines is 1. The molecule has 0 radical (unpaired) electrons. The molecule has 0 aliphatic carbocycles. The Morgan fingerprint density at radius 1 is 1.00 bits per heavy atom. The first kappa shape index (κ1) is 25.8. The van der Waals surface area contributed by atoms with Crippen molar-refractivity contribution in [3.63, 3.8) is 0 Å². The molecule has 188 valence electrons. The summed E-state index contributed by atoms with van der Waals surface area (Å²) in [5.41, 5.74) is 4.55. The molecule has 1 spiro atoms. The number of nitrogens with two attached hydrogens (primary N) is 1. The SMILES string of the molecule is CCCCOC(=O)C1=C(N)N(C)c2ccccc2[C@@]12C(=O)OC(CC(=O)OCC)=C2C(=O)OCC. The standard InChI is InChI=1S/C25H30N2O8/c1-5-8-13-34-23(30)20-21(26)27(4)16-12-10-9-11-15(16)25(20)19(22(29)33-7-3)17(35-24(25)31)14-18(28)32-6-2/h9-12H,5-8,13-14,26H2,1-4H3/t25-/m0/s1. The fourth-order valence-electron chi connectivity index (χ4n) is 4.31. The number of rotatable bonds is 9. The number of para-hydroxylation sites is 1. The third-order valence-corrected chi connectivity index (χ3v) is 5.86. The number of fused-ring (bicyclic) bond motifs is 2. The monoisotopic (exact) mass is 486 g/mol. The highest BCUT2D eigenvalue weighted by Crippen LogP contribution is 2.54. The minimum absolute atomic E-state index is 0.0175. The summed E-state index contributed by atoms with van der Waals surface area (Å²) in [6.07, 6.45) is 0.860. The molecule has 1 aromatic carbocycles. The number of carbonyl (C=O) groups is 4. The van der Waals surface area contributed by atoms with Gasteiger partial charge in [-0.3, -0.25) is 4.79 Å². The van der Waals surface area contributed by atoms with Crippen LogP contribution in [-0.4, -0.2) is 50.7 Å². The van der Waals surface area contributed by atoms with Gasteiger partial charge in [-0.2, -0.15) is 0 Å². The molecule has 0 aromatic heterocycles. The van der Waals surface area contributed by atoms with Crippen LogP contribution in [0.15, 0.2) is 47.0 Å². The molecular formula is C25H30N2O8. The topological polar surface area (TPSA) is 134 Å². The lowest BCUT2D eigenvalue weighted by Crippen LogP contribution is -2.50. The van der Waals surface area contributed by atoms with Crippen molar-refractivity contribution in [3.8, 4) is 0 Å². The fourth-order valence-corrected chi connectivity index (χ4v) is 4.31. The molecule has 2 aliphatic heterocycles. The molecule has 0 unspecified atom stereocenters. The minimum Gasteiger partial charge on any atom is -0.466 e. The molecule has 2 N–H and O–H groups in total. The number of cyclic esters (lactones) is 1. The molecule has 0 fully saturated rings. The Labute approximate surface area is 203 Å². The van der Waals surface area contributed by atoms with Gasteiger partial charge in [0.2, 0.25) is 0 Å². The van der Waals surface area contributed by atoms with E-state index in [1.54, 1.807) is 45.2 Å². The smallest absolute Gasteiger partial charge is 0.339 e. The van der Waals surface area contributed by atoms with E-state index < -0.39 is 35.7 Å². The molecular weight excluding hydrogens is 456 g/mol. The van der Waals surface area contributed by atoms with Crippen molar-refractivity contribution in [2.45, 2.75) is 45.4 Å². The van der Waals surface area contributed by atoms with E-state index in [1.165, 1.54) is 4.90 Å². The molecule has 35 heavy (non-hydrogen) atoms. The van der Waals surface area contributed by atoms with E-state index in [4.69, 9.17) is 24.7 Å². The number of hydrogen-bond donors (Lipinski definition) is 1. The summed E-state index contributed by atoms with van der Waals surface area (Å²) in [6, 6.07) is 6.69. The molecule has 0 saturated heterocycles. The van der Waals surface area contributed by atoms with Crippen molar-refractivity contribution in [1.29, 1.82) is 0 Å². The predicted molar refractivity (Wildman–Crippen MR) is 125 cm³/mol. The summed E-state index contributed by atoms with van der Waals surface area (Å²) in [5, 5.41) is 0. The van der Waals surface area contributed by atoms with E-state index in [0.29, 0.717) is 12.1 Å². The first-order chi connectivity index (χ1) is 16.7. The van der Waals surface area contributed by atoms with Gasteiger partial charge < -0.3 is 29.6 Å². The molecule has 3 rings (SSSR count). The van der Waals surface area contributed by atoms with E-state index in [1.807, 2.05) is 6.92 Å². The van der Waals surface area contributed by atoms with Crippen molar-refractivity contribution >= 4 is 29.6 Å². The Morgan fingerprint density at radius 2 is 1.66 bits per heavy atom. The second-order valence-electron chi connectivity index (χ2n) is 7.97. The summed E-state index contributed by atoms with van der Waals surface area (Å²) in [5.74, 6) is -3.78. The average Bonchev–Trinajstić information content (AvgIpc) is 3.10. The Kier molecular flexibility index (Phi) is 7.83. The van der Waals surface area contributed by atoms with Crippen LogP contribution in [0.4, 0.5) is 5.69 Å². The van der Waals surface area contributed by atoms with Crippen LogP contribution in [0.5, 0.6) is 0 Å². The zero-order valence-corrected chi connectivity index (χ0v) is 20.3. The van der Waals surface area contributed by atoms with Gasteiger partial charge >= 0.3 is 23.9 Å². The van der Waals surface area contributed by atoms with E-state index in [-0.39, 0.29) is 48.1 Å². The number of carbonyl (C=O) groups excluding carboxylic acids is 4. The van der Waals surface area contributed by atoms with Gasteiger partial charge in [-0.15, -0.1) is 0 Å². The zero-order valence-electron chi connectivity index (χ0n) is 20.3. The second-order valence-corrected chi connectivity index (χ2v) is 7.97. The van der Waals surface area contributed by atoms with Crippen molar-refractivity contribution in [2.75, 3.05) is 31.8 Å². The maximum absolute atomic E-state index is 13.7. The van der Waals surface area contributed by atoms with Crippen LogP contribution in [0.25, 0.3) is 0 Å². The largest absolute Gasteiger partial charge is 0.466 e. The summed E-state index contributed by atoms with van der Waals surface area (Å²) >= 11 is 0. The van der Waals surface area contributed by atoms with Crippen molar-refractivity contribution in [2.24, 2.45) is 5.73 Å². The first-order valence-electron chi connectivity index (χ1n) is 11.5. The van der Waals surface area contributed by atoms with Crippen molar-refractivity contribution < 1.29 is 38.1 Å². The van der Waals surface area contributed by atoms with E-state index in [2.05, 4.69) is 0 Å². The third-order valence-electron chi connectivity index (χ3n) is 5.86. The molecule has 0 amide bonds. The van der Waals surface area contributed by atoms with Gasteiger partial charge in [-0.1, -0.05) is 31.5 Å². The zero-order chi connectivity index (χ0) is 25.8. The fraction of sp³-hybridized carbons (Fsp3) is 0.440. The Balaban J connectivity index is 2.34. The van der Waals surface area contributed by atoms with E-state index in [0.717, 1.165) is 6.42 Å². The number of esters is 4. The Bertz CT molecular complexity index is 1110. The van der Waals surface area contributed by atoms with E-state index in [9.17, 15) is 19.2 Å². The minimum atomic E-state index is -2.08. The van der Waals surface area contributed by atoms with Gasteiger partial charge in [-0.05, 0) is 26.3 Å². The average molecular weight is 487 g/mol. The lowest BCUT2D eigenvalue weighted by atomic mass is 9.66. The highest BCUT2D eigenvalue weighted by molar-refractivity contribution is 6.16. The van der Waals surface area contributed by atoms with Crippen molar-refractivity contribution in [1.82, 2.24) is 0 Å².